The van der Waals surface area contributed by atoms with E-state index >= 15 is 0 Å². The number of fused-ring (bicyclic) bond motifs is 1. The topological polar surface area (TPSA) is 42.0 Å². The summed E-state index contributed by atoms with van der Waals surface area (Å²) in [6.45, 7) is 6.24. The number of benzene rings is 3. The molecule has 4 aromatic rings. The molecule has 0 fully saturated rings. The molecular formula is C26H22Cl2N2O. The maximum absolute atomic E-state index is 13.5. The van der Waals surface area contributed by atoms with Crippen molar-refractivity contribution >= 4 is 45.7 Å². The number of anilines is 1. The Morgan fingerprint density at radius 1 is 0.968 bits per heavy atom. The van der Waals surface area contributed by atoms with Gasteiger partial charge < -0.3 is 5.32 Å². The van der Waals surface area contributed by atoms with E-state index in [4.69, 9.17) is 28.2 Å². The van der Waals surface area contributed by atoms with Gasteiger partial charge in [0.25, 0.3) is 5.91 Å². The molecule has 0 saturated heterocycles. The van der Waals surface area contributed by atoms with Gasteiger partial charge in [0.05, 0.1) is 21.8 Å². The zero-order valence-corrected chi connectivity index (χ0v) is 19.1. The molecule has 0 saturated carbocycles. The first-order valence-corrected chi connectivity index (χ1v) is 10.9. The smallest absolute Gasteiger partial charge is 0.256 e. The van der Waals surface area contributed by atoms with E-state index in [0.29, 0.717) is 21.3 Å². The van der Waals surface area contributed by atoms with Crippen LogP contribution in [0.4, 0.5) is 5.69 Å². The molecule has 3 aromatic carbocycles. The summed E-state index contributed by atoms with van der Waals surface area (Å²) in [5.41, 5.74) is 5.61. The van der Waals surface area contributed by atoms with Crippen LogP contribution < -0.4 is 5.32 Å². The number of hydrogen-bond acceptors (Lipinski definition) is 2. The van der Waals surface area contributed by atoms with Crippen molar-refractivity contribution < 1.29 is 4.79 Å². The fourth-order valence-electron chi connectivity index (χ4n) is 3.72. The molecule has 3 nitrogen and oxygen atoms in total. The molecule has 0 aliphatic heterocycles. The number of amides is 1. The number of rotatable bonds is 4. The summed E-state index contributed by atoms with van der Waals surface area (Å²) < 4.78 is 0. The minimum atomic E-state index is -0.180. The van der Waals surface area contributed by atoms with Crippen LogP contribution in [0.15, 0.2) is 66.7 Å². The Labute approximate surface area is 192 Å². The van der Waals surface area contributed by atoms with E-state index in [1.54, 1.807) is 18.2 Å². The third-order valence-electron chi connectivity index (χ3n) is 5.33. The quantitative estimate of drug-likeness (QED) is 0.344. The molecule has 1 N–H and O–H groups in total. The van der Waals surface area contributed by atoms with Gasteiger partial charge in [-0.25, -0.2) is 4.98 Å². The van der Waals surface area contributed by atoms with Gasteiger partial charge in [-0.05, 0) is 54.3 Å². The maximum Gasteiger partial charge on any atom is 0.256 e. The number of halogens is 2. The first-order valence-electron chi connectivity index (χ1n) is 10.1. The summed E-state index contributed by atoms with van der Waals surface area (Å²) in [6.07, 6.45) is 0. The highest BCUT2D eigenvalue weighted by Crippen LogP contribution is 2.33. The van der Waals surface area contributed by atoms with Crippen LogP contribution in [-0.2, 0) is 0 Å². The molecule has 5 heteroatoms. The Balaban J connectivity index is 1.85. The second kappa shape index (κ2) is 8.70. The molecule has 0 unspecified atom stereocenters. The van der Waals surface area contributed by atoms with Crippen LogP contribution >= 0.6 is 23.2 Å². The Morgan fingerprint density at radius 3 is 2.48 bits per heavy atom. The van der Waals surface area contributed by atoms with Crippen LogP contribution in [0.3, 0.4) is 0 Å². The lowest BCUT2D eigenvalue weighted by molar-refractivity contribution is 0.102. The lowest BCUT2D eigenvalue weighted by Gasteiger charge is -2.17. The summed E-state index contributed by atoms with van der Waals surface area (Å²) in [7, 11) is 0. The van der Waals surface area contributed by atoms with Gasteiger partial charge in [-0.2, -0.15) is 0 Å². The Kier molecular flexibility index (Phi) is 5.99. The molecule has 0 aliphatic rings. The number of carbonyl (C=O) groups excluding carboxylic acids is 1. The average molecular weight is 449 g/mol. The highest BCUT2D eigenvalue weighted by molar-refractivity contribution is 6.36. The number of aromatic nitrogens is 1. The van der Waals surface area contributed by atoms with E-state index in [0.717, 1.165) is 33.3 Å². The summed E-state index contributed by atoms with van der Waals surface area (Å²) in [4.78, 5) is 18.2. The van der Waals surface area contributed by atoms with Crippen LogP contribution in [-0.4, -0.2) is 10.9 Å². The number of nitrogens with one attached hydrogen (secondary N) is 1. The van der Waals surface area contributed by atoms with E-state index in [1.165, 1.54) is 0 Å². The van der Waals surface area contributed by atoms with Crippen molar-refractivity contribution in [2.75, 3.05) is 5.32 Å². The van der Waals surface area contributed by atoms with Crippen LogP contribution in [0.25, 0.3) is 22.2 Å². The predicted octanol–water partition coefficient (Wildman–Crippen LogP) is 7.89. The number of nitrogens with zero attached hydrogens (tertiary/aromatic N) is 1. The van der Waals surface area contributed by atoms with Crippen molar-refractivity contribution in [1.82, 2.24) is 4.98 Å². The van der Waals surface area contributed by atoms with Gasteiger partial charge in [-0.3, -0.25) is 4.79 Å². The molecule has 4 rings (SSSR count). The standard InChI is InChI=1S/C26H22Cl2N2O/c1-15(2)18-9-6-7-16(3)25(18)30-26(31)21-14-24(20-12-11-17(27)13-22(20)28)29-23-10-5-4-8-19(21)23/h4-15H,1-3H3,(H,30,31). The van der Waals surface area contributed by atoms with Crippen molar-refractivity contribution in [1.29, 1.82) is 0 Å². The van der Waals surface area contributed by atoms with Crippen molar-refractivity contribution in [3.05, 3.63) is 93.5 Å². The van der Waals surface area contributed by atoms with Crippen molar-refractivity contribution in [2.45, 2.75) is 26.7 Å². The monoisotopic (exact) mass is 448 g/mol. The first kappa shape index (κ1) is 21.4. The maximum atomic E-state index is 13.5. The fourth-order valence-corrected chi connectivity index (χ4v) is 4.23. The summed E-state index contributed by atoms with van der Waals surface area (Å²) in [6, 6.07) is 20.7. The van der Waals surface area contributed by atoms with Crippen LogP contribution in [0.1, 0.15) is 41.3 Å². The van der Waals surface area contributed by atoms with E-state index in [-0.39, 0.29) is 11.8 Å². The van der Waals surface area contributed by atoms with Crippen LogP contribution in [0.5, 0.6) is 0 Å². The molecule has 0 atom stereocenters. The third-order valence-corrected chi connectivity index (χ3v) is 5.88. The summed E-state index contributed by atoms with van der Waals surface area (Å²) in [5, 5.41) is 4.97. The van der Waals surface area contributed by atoms with Crippen LogP contribution in [0, 0.1) is 6.92 Å². The van der Waals surface area contributed by atoms with Gasteiger partial charge in [-0.15, -0.1) is 0 Å². The number of carbonyl (C=O) groups is 1. The SMILES string of the molecule is Cc1cccc(C(C)C)c1NC(=O)c1cc(-c2ccc(Cl)cc2Cl)nc2ccccc12. The second-order valence-electron chi connectivity index (χ2n) is 7.84. The zero-order chi connectivity index (χ0) is 22.1. The van der Waals surface area contributed by atoms with Gasteiger partial charge in [-0.1, -0.05) is 73.4 Å². The second-order valence-corrected chi connectivity index (χ2v) is 8.69. The molecule has 0 radical (unpaired) electrons. The molecule has 0 bridgehead atoms. The van der Waals surface area contributed by atoms with Gasteiger partial charge in [0, 0.05) is 21.7 Å². The molecule has 0 aliphatic carbocycles. The van der Waals surface area contributed by atoms with Gasteiger partial charge in [0.1, 0.15) is 0 Å². The van der Waals surface area contributed by atoms with E-state index < -0.39 is 0 Å². The lowest BCUT2D eigenvalue weighted by atomic mass is 9.97. The third kappa shape index (κ3) is 4.30. The molecule has 0 spiro atoms. The molecule has 1 aromatic heterocycles. The number of pyridine rings is 1. The number of hydrogen-bond donors (Lipinski definition) is 1. The Bertz CT molecular complexity index is 1300. The number of para-hydroxylation sites is 2. The van der Waals surface area contributed by atoms with Crippen molar-refractivity contribution in [2.24, 2.45) is 0 Å². The largest absolute Gasteiger partial charge is 0.321 e. The van der Waals surface area contributed by atoms with Gasteiger partial charge in [0.15, 0.2) is 0 Å². The average Bonchev–Trinajstić information content (AvgIpc) is 2.74. The highest BCUT2D eigenvalue weighted by atomic mass is 35.5. The minimum absolute atomic E-state index is 0.180. The van der Waals surface area contributed by atoms with Gasteiger partial charge in [0.2, 0.25) is 0 Å². The van der Waals surface area contributed by atoms with Crippen molar-refractivity contribution in [3.8, 4) is 11.3 Å². The van der Waals surface area contributed by atoms with E-state index in [9.17, 15) is 4.79 Å². The Hall–Kier alpha value is -2.88. The highest BCUT2D eigenvalue weighted by Gasteiger charge is 2.18. The molecule has 156 valence electrons. The van der Waals surface area contributed by atoms with Crippen LogP contribution in [0.2, 0.25) is 10.0 Å². The van der Waals surface area contributed by atoms with Crippen molar-refractivity contribution in [3.63, 3.8) is 0 Å². The first-order chi connectivity index (χ1) is 14.8. The predicted molar refractivity (Wildman–Crippen MR) is 130 cm³/mol. The molecule has 1 heterocycles. The molecular weight excluding hydrogens is 427 g/mol. The van der Waals surface area contributed by atoms with E-state index in [2.05, 4.69) is 25.2 Å². The summed E-state index contributed by atoms with van der Waals surface area (Å²) in [5.74, 6) is 0.106. The minimum Gasteiger partial charge on any atom is -0.321 e. The Morgan fingerprint density at radius 2 is 1.74 bits per heavy atom. The summed E-state index contributed by atoms with van der Waals surface area (Å²) >= 11 is 12.5. The lowest BCUT2D eigenvalue weighted by Crippen LogP contribution is -2.15. The zero-order valence-electron chi connectivity index (χ0n) is 17.5. The normalized spacial score (nSPS) is 11.2. The fraction of sp³-hybridized carbons (Fsp3) is 0.154. The molecule has 31 heavy (non-hydrogen) atoms. The van der Waals surface area contributed by atoms with Gasteiger partial charge >= 0.3 is 0 Å². The van der Waals surface area contributed by atoms with E-state index in [1.807, 2.05) is 49.4 Å². The number of aryl methyl sites for hydroxylation is 1. The molecule has 1 amide bonds.